The summed E-state index contributed by atoms with van der Waals surface area (Å²) in [6, 6.07) is 0. The van der Waals surface area contributed by atoms with Gasteiger partial charge in [0.05, 0.1) is 11.1 Å². The first-order valence-corrected chi connectivity index (χ1v) is 6.85. The number of aromatic nitrogens is 2. The standard InChI is InChI=1S/C13H23ClN2/c1-5-9-16-12(8-4)13(10(14)6-2)11(7-3)15-16/h10H,5-9H2,1-4H3. The van der Waals surface area contributed by atoms with Crippen LogP contribution in [-0.2, 0) is 19.4 Å². The zero-order chi connectivity index (χ0) is 12.1. The second-order valence-electron chi connectivity index (χ2n) is 4.11. The Kier molecular flexibility index (Phi) is 5.33. The minimum Gasteiger partial charge on any atom is -0.269 e. The van der Waals surface area contributed by atoms with Crippen LogP contribution in [0.15, 0.2) is 0 Å². The SMILES string of the molecule is CCCn1nc(CC)c(C(Cl)CC)c1CC. The van der Waals surface area contributed by atoms with Crippen LogP contribution in [0.2, 0.25) is 0 Å². The van der Waals surface area contributed by atoms with Gasteiger partial charge in [-0.2, -0.15) is 5.10 Å². The highest BCUT2D eigenvalue weighted by molar-refractivity contribution is 6.20. The van der Waals surface area contributed by atoms with E-state index < -0.39 is 0 Å². The Labute approximate surface area is 104 Å². The number of rotatable bonds is 6. The number of alkyl halides is 1. The molecule has 1 aromatic heterocycles. The third-order valence-electron chi connectivity index (χ3n) is 2.95. The van der Waals surface area contributed by atoms with E-state index in [-0.39, 0.29) is 5.38 Å². The molecule has 1 aromatic rings. The van der Waals surface area contributed by atoms with Crippen LogP contribution in [0.3, 0.4) is 0 Å². The number of nitrogens with zero attached hydrogens (tertiary/aromatic N) is 2. The molecule has 1 atom stereocenters. The molecule has 0 aromatic carbocycles. The van der Waals surface area contributed by atoms with Gasteiger partial charge in [0, 0.05) is 17.8 Å². The van der Waals surface area contributed by atoms with Crippen LogP contribution in [0.25, 0.3) is 0 Å². The Balaban J connectivity index is 3.19. The van der Waals surface area contributed by atoms with Crippen LogP contribution in [0.1, 0.15) is 62.9 Å². The highest BCUT2D eigenvalue weighted by Gasteiger charge is 2.20. The minimum atomic E-state index is 0.121. The van der Waals surface area contributed by atoms with Gasteiger partial charge >= 0.3 is 0 Å². The zero-order valence-corrected chi connectivity index (χ0v) is 11.6. The zero-order valence-electron chi connectivity index (χ0n) is 10.9. The van der Waals surface area contributed by atoms with Gasteiger partial charge in [-0.05, 0) is 25.7 Å². The molecule has 3 heteroatoms. The van der Waals surface area contributed by atoms with E-state index in [1.54, 1.807) is 0 Å². The highest BCUT2D eigenvalue weighted by Crippen LogP contribution is 2.31. The summed E-state index contributed by atoms with van der Waals surface area (Å²) in [7, 11) is 0. The molecule has 1 rings (SSSR count). The van der Waals surface area contributed by atoms with Crippen LogP contribution in [0.4, 0.5) is 0 Å². The van der Waals surface area contributed by atoms with Crippen molar-refractivity contribution in [3.63, 3.8) is 0 Å². The van der Waals surface area contributed by atoms with Crippen molar-refractivity contribution in [2.24, 2.45) is 0 Å². The normalized spacial score (nSPS) is 13.1. The molecule has 0 aliphatic rings. The Hall–Kier alpha value is -0.500. The van der Waals surface area contributed by atoms with Crippen molar-refractivity contribution in [3.05, 3.63) is 17.0 Å². The van der Waals surface area contributed by atoms with Gasteiger partial charge in [0.1, 0.15) is 0 Å². The largest absolute Gasteiger partial charge is 0.269 e. The van der Waals surface area contributed by atoms with Gasteiger partial charge in [-0.15, -0.1) is 11.6 Å². The molecule has 0 amide bonds. The monoisotopic (exact) mass is 242 g/mol. The van der Waals surface area contributed by atoms with E-state index >= 15 is 0 Å². The molecule has 0 saturated carbocycles. The summed E-state index contributed by atoms with van der Waals surface area (Å²) < 4.78 is 2.15. The van der Waals surface area contributed by atoms with Crippen LogP contribution < -0.4 is 0 Å². The number of hydrogen-bond acceptors (Lipinski definition) is 1. The van der Waals surface area contributed by atoms with E-state index in [1.807, 2.05) is 0 Å². The maximum Gasteiger partial charge on any atom is 0.0671 e. The van der Waals surface area contributed by atoms with Crippen molar-refractivity contribution in [1.29, 1.82) is 0 Å². The molecular weight excluding hydrogens is 220 g/mol. The molecule has 92 valence electrons. The Morgan fingerprint density at radius 2 is 1.88 bits per heavy atom. The Morgan fingerprint density at radius 1 is 1.19 bits per heavy atom. The lowest BCUT2D eigenvalue weighted by Crippen LogP contribution is -2.05. The van der Waals surface area contributed by atoms with Crippen LogP contribution in [0.5, 0.6) is 0 Å². The molecule has 0 spiro atoms. The first-order valence-electron chi connectivity index (χ1n) is 6.41. The quantitative estimate of drug-likeness (QED) is 0.687. The Morgan fingerprint density at radius 3 is 2.31 bits per heavy atom. The summed E-state index contributed by atoms with van der Waals surface area (Å²) in [4.78, 5) is 0. The second kappa shape index (κ2) is 6.29. The molecule has 0 fully saturated rings. The smallest absolute Gasteiger partial charge is 0.0671 e. The molecule has 2 nitrogen and oxygen atoms in total. The third kappa shape index (κ3) is 2.60. The van der Waals surface area contributed by atoms with Crippen LogP contribution in [-0.4, -0.2) is 9.78 Å². The van der Waals surface area contributed by atoms with E-state index in [4.69, 9.17) is 16.7 Å². The summed E-state index contributed by atoms with van der Waals surface area (Å²) in [6.07, 6.45) is 4.09. The van der Waals surface area contributed by atoms with Crippen molar-refractivity contribution in [2.75, 3.05) is 0 Å². The molecule has 0 radical (unpaired) electrons. The van der Waals surface area contributed by atoms with Crippen molar-refractivity contribution in [3.8, 4) is 0 Å². The second-order valence-corrected chi connectivity index (χ2v) is 4.64. The van der Waals surface area contributed by atoms with Gasteiger partial charge in [-0.1, -0.05) is 27.7 Å². The average molecular weight is 243 g/mol. The van der Waals surface area contributed by atoms with Crippen molar-refractivity contribution >= 4 is 11.6 Å². The number of aryl methyl sites for hydroxylation is 2. The predicted octanol–water partition coefficient (Wildman–Crippen LogP) is 4.11. The summed E-state index contributed by atoms with van der Waals surface area (Å²) >= 11 is 6.42. The highest BCUT2D eigenvalue weighted by atomic mass is 35.5. The fraction of sp³-hybridized carbons (Fsp3) is 0.769. The average Bonchev–Trinajstić information content (AvgIpc) is 2.66. The molecule has 0 N–H and O–H groups in total. The molecule has 1 heterocycles. The van der Waals surface area contributed by atoms with E-state index in [0.29, 0.717) is 0 Å². The van der Waals surface area contributed by atoms with Gasteiger partial charge in [-0.25, -0.2) is 0 Å². The summed E-state index contributed by atoms with van der Waals surface area (Å²) in [5, 5.41) is 4.81. The van der Waals surface area contributed by atoms with Crippen LogP contribution in [0, 0.1) is 0 Å². The summed E-state index contributed by atoms with van der Waals surface area (Å²) in [6.45, 7) is 9.66. The molecule has 0 bridgehead atoms. The maximum atomic E-state index is 6.42. The van der Waals surface area contributed by atoms with Crippen LogP contribution >= 0.6 is 11.6 Å². The fourth-order valence-electron chi connectivity index (χ4n) is 2.16. The topological polar surface area (TPSA) is 17.8 Å². The molecule has 1 unspecified atom stereocenters. The molecule has 0 aliphatic heterocycles. The summed E-state index contributed by atoms with van der Waals surface area (Å²) in [5.74, 6) is 0. The first kappa shape index (κ1) is 13.6. The van der Waals surface area contributed by atoms with Gasteiger partial charge in [0.15, 0.2) is 0 Å². The lowest BCUT2D eigenvalue weighted by molar-refractivity contribution is 0.570. The van der Waals surface area contributed by atoms with Crippen molar-refractivity contribution < 1.29 is 0 Å². The molecule has 0 saturated heterocycles. The van der Waals surface area contributed by atoms with E-state index in [9.17, 15) is 0 Å². The van der Waals surface area contributed by atoms with E-state index in [2.05, 4.69) is 32.4 Å². The van der Waals surface area contributed by atoms with E-state index in [0.717, 1.165) is 32.2 Å². The van der Waals surface area contributed by atoms with Gasteiger partial charge in [0.2, 0.25) is 0 Å². The first-order chi connectivity index (χ1) is 7.69. The minimum absolute atomic E-state index is 0.121. The van der Waals surface area contributed by atoms with Gasteiger partial charge in [0.25, 0.3) is 0 Å². The van der Waals surface area contributed by atoms with Crippen molar-refractivity contribution in [1.82, 2.24) is 9.78 Å². The number of hydrogen-bond donors (Lipinski definition) is 0. The lowest BCUT2D eigenvalue weighted by Gasteiger charge is -2.10. The maximum absolute atomic E-state index is 6.42. The van der Waals surface area contributed by atoms with Gasteiger partial charge in [-0.3, -0.25) is 4.68 Å². The lowest BCUT2D eigenvalue weighted by atomic mass is 10.0. The van der Waals surface area contributed by atoms with E-state index in [1.165, 1.54) is 17.0 Å². The van der Waals surface area contributed by atoms with Crippen molar-refractivity contribution in [2.45, 2.75) is 65.3 Å². The molecule has 0 aliphatic carbocycles. The molecule has 16 heavy (non-hydrogen) atoms. The molecular formula is C13H23ClN2. The predicted molar refractivity (Wildman–Crippen MR) is 70.2 cm³/mol. The van der Waals surface area contributed by atoms with Gasteiger partial charge < -0.3 is 0 Å². The number of halogens is 1. The Bertz CT molecular complexity index is 331. The fourth-order valence-corrected chi connectivity index (χ4v) is 2.41. The summed E-state index contributed by atoms with van der Waals surface area (Å²) in [5.41, 5.74) is 3.82. The third-order valence-corrected chi connectivity index (χ3v) is 3.48.